The zero-order chi connectivity index (χ0) is 12.3. The van der Waals surface area contributed by atoms with Crippen LogP contribution in [0.2, 0.25) is 5.02 Å². The highest BCUT2D eigenvalue weighted by atomic mass is 35.5. The minimum Gasteiger partial charge on any atom is -0.465 e. The number of nitrogens with one attached hydrogen (secondary N) is 1. The van der Waals surface area contributed by atoms with Crippen molar-refractivity contribution < 1.29 is 17.9 Å². The maximum Gasteiger partial charge on any atom is 0.337 e. The summed E-state index contributed by atoms with van der Waals surface area (Å²) in [6.45, 7) is 0. The van der Waals surface area contributed by atoms with Gasteiger partial charge in [0.05, 0.1) is 23.4 Å². The van der Waals surface area contributed by atoms with Crippen LogP contribution in [-0.2, 0) is 14.9 Å². The van der Waals surface area contributed by atoms with Gasteiger partial charge in [0.2, 0.25) is 0 Å². The molecule has 0 aliphatic carbocycles. The smallest absolute Gasteiger partial charge is 0.337 e. The molecule has 0 bridgehead atoms. The first-order chi connectivity index (χ1) is 7.33. The van der Waals surface area contributed by atoms with Gasteiger partial charge in [-0.25, -0.2) is 9.93 Å². The van der Waals surface area contributed by atoms with Crippen LogP contribution < -0.4 is 9.86 Å². The molecule has 0 aliphatic heterocycles. The normalized spacial score (nSPS) is 10.9. The highest BCUT2D eigenvalue weighted by Crippen LogP contribution is 2.23. The third-order valence-corrected chi connectivity index (χ3v) is 2.47. The van der Waals surface area contributed by atoms with Gasteiger partial charge in [0.1, 0.15) is 0 Å². The second kappa shape index (κ2) is 4.69. The first kappa shape index (κ1) is 12.8. The van der Waals surface area contributed by atoms with Gasteiger partial charge in [-0.15, -0.1) is 0 Å². The van der Waals surface area contributed by atoms with E-state index in [0.29, 0.717) is 0 Å². The van der Waals surface area contributed by atoms with Gasteiger partial charge >= 0.3 is 5.97 Å². The molecule has 6 nitrogen and oxygen atoms in total. The minimum atomic E-state index is -3.94. The number of anilines is 1. The molecule has 0 unspecified atom stereocenters. The van der Waals surface area contributed by atoms with Gasteiger partial charge in [-0.1, -0.05) is 11.6 Å². The van der Waals surface area contributed by atoms with Crippen molar-refractivity contribution in [2.45, 2.75) is 0 Å². The summed E-state index contributed by atoms with van der Waals surface area (Å²) in [5, 5.41) is 4.91. The number of hydrogen-bond donors (Lipinski definition) is 2. The lowest BCUT2D eigenvalue weighted by molar-refractivity contribution is 0.0601. The number of benzene rings is 1. The molecule has 0 saturated carbocycles. The summed E-state index contributed by atoms with van der Waals surface area (Å²) in [5.41, 5.74) is 0.185. The van der Waals surface area contributed by atoms with Crippen molar-refractivity contribution in [1.82, 2.24) is 0 Å². The Balaban J connectivity index is 3.14. The number of ether oxygens (including phenoxy) is 1. The second-order valence-electron chi connectivity index (χ2n) is 2.83. The Morgan fingerprint density at radius 3 is 2.62 bits per heavy atom. The molecule has 0 amide bonds. The minimum absolute atomic E-state index is 0.0204. The average molecular weight is 265 g/mol. The number of nitrogens with two attached hydrogens (primary N) is 1. The van der Waals surface area contributed by atoms with E-state index in [0.717, 1.165) is 0 Å². The van der Waals surface area contributed by atoms with E-state index < -0.39 is 16.2 Å². The zero-order valence-electron chi connectivity index (χ0n) is 8.23. The molecule has 1 aromatic rings. The lowest BCUT2D eigenvalue weighted by Gasteiger charge is -2.07. The Hall–Kier alpha value is -1.31. The van der Waals surface area contributed by atoms with Crippen LogP contribution in [0.15, 0.2) is 18.2 Å². The van der Waals surface area contributed by atoms with E-state index >= 15 is 0 Å². The fraction of sp³-hybridized carbons (Fsp3) is 0.125. The van der Waals surface area contributed by atoms with Crippen molar-refractivity contribution in [2.24, 2.45) is 5.14 Å². The van der Waals surface area contributed by atoms with Crippen molar-refractivity contribution in [2.75, 3.05) is 11.8 Å². The van der Waals surface area contributed by atoms with Crippen LogP contribution in [0, 0.1) is 0 Å². The number of halogens is 1. The third-order valence-electron chi connectivity index (χ3n) is 1.64. The average Bonchev–Trinajstić information content (AvgIpc) is 2.18. The molecule has 1 rings (SSSR count). The molecule has 0 heterocycles. The Labute approximate surface area is 97.5 Å². The van der Waals surface area contributed by atoms with Crippen LogP contribution in [0.5, 0.6) is 0 Å². The molecule has 0 radical (unpaired) electrons. The van der Waals surface area contributed by atoms with Crippen LogP contribution in [0.1, 0.15) is 10.4 Å². The van der Waals surface area contributed by atoms with E-state index in [4.69, 9.17) is 16.7 Å². The lowest BCUT2D eigenvalue weighted by atomic mass is 10.2. The molecule has 16 heavy (non-hydrogen) atoms. The summed E-state index contributed by atoms with van der Waals surface area (Å²) in [6, 6.07) is 4.00. The Bertz CT molecular complexity index is 515. The largest absolute Gasteiger partial charge is 0.465 e. The maximum atomic E-state index is 11.2. The van der Waals surface area contributed by atoms with Gasteiger partial charge in [0.25, 0.3) is 10.2 Å². The highest BCUT2D eigenvalue weighted by molar-refractivity contribution is 7.90. The molecule has 0 atom stereocenters. The molecular weight excluding hydrogens is 256 g/mol. The third kappa shape index (κ3) is 3.37. The van der Waals surface area contributed by atoms with Crippen molar-refractivity contribution >= 4 is 33.5 Å². The van der Waals surface area contributed by atoms with E-state index in [1.165, 1.54) is 25.3 Å². The van der Waals surface area contributed by atoms with Gasteiger partial charge in [-0.2, -0.15) is 8.42 Å². The van der Waals surface area contributed by atoms with Crippen LogP contribution in [0.4, 0.5) is 5.69 Å². The van der Waals surface area contributed by atoms with Gasteiger partial charge in [-0.3, -0.25) is 4.72 Å². The van der Waals surface area contributed by atoms with Gasteiger partial charge in [0, 0.05) is 0 Å². The fourth-order valence-corrected chi connectivity index (χ4v) is 1.70. The summed E-state index contributed by atoms with van der Waals surface area (Å²) < 4.78 is 28.0. The van der Waals surface area contributed by atoms with Gasteiger partial charge in [-0.05, 0) is 18.2 Å². The van der Waals surface area contributed by atoms with E-state index in [2.05, 4.69) is 4.74 Å². The topological polar surface area (TPSA) is 98.5 Å². The van der Waals surface area contributed by atoms with Crippen LogP contribution in [-0.4, -0.2) is 21.5 Å². The summed E-state index contributed by atoms with van der Waals surface area (Å²) in [7, 11) is -2.72. The SMILES string of the molecule is COC(=O)c1ccc(Cl)c(NS(N)(=O)=O)c1. The predicted octanol–water partition coefficient (Wildman–Crippen LogP) is 0.742. The summed E-state index contributed by atoms with van der Waals surface area (Å²) >= 11 is 5.72. The molecule has 88 valence electrons. The van der Waals surface area contributed by atoms with Crippen LogP contribution >= 0.6 is 11.6 Å². The van der Waals surface area contributed by atoms with Crippen molar-refractivity contribution in [3.8, 4) is 0 Å². The molecule has 0 aromatic heterocycles. The molecule has 8 heteroatoms. The first-order valence-electron chi connectivity index (χ1n) is 4.02. The van der Waals surface area contributed by atoms with Gasteiger partial charge in [0.15, 0.2) is 0 Å². The van der Waals surface area contributed by atoms with Crippen molar-refractivity contribution in [3.63, 3.8) is 0 Å². The lowest BCUT2D eigenvalue weighted by Crippen LogP contribution is -2.22. The standard InChI is InChI=1S/C8H9ClN2O4S/c1-15-8(12)5-2-3-6(9)7(4-5)11-16(10,13)14/h2-4,11H,1H3,(H2,10,13,14). The maximum absolute atomic E-state index is 11.2. The number of rotatable bonds is 3. The fourth-order valence-electron chi connectivity index (χ4n) is 1.00. The first-order valence-corrected chi connectivity index (χ1v) is 5.94. The van der Waals surface area contributed by atoms with Crippen LogP contribution in [0.25, 0.3) is 0 Å². The quantitative estimate of drug-likeness (QED) is 0.787. The Morgan fingerprint density at radius 1 is 1.50 bits per heavy atom. The van der Waals surface area contributed by atoms with E-state index in [1.54, 1.807) is 0 Å². The van der Waals surface area contributed by atoms with Crippen molar-refractivity contribution in [3.05, 3.63) is 28.8 Å². The molecule has 0 aliphatic rings. The summed E-state index contributed by atoms with van der Waals surface area (Å²) in [4.78, 5) is 11.2. The molecule has 0 saturated heterocycles. The van der Waals surface area contributed by atoms with Crippen LogP contribution in [0.3, 0.4) is 0 Å². The molecule has 3 N–H and O–H groups in total. The molecule has 0 fully saturated rings. The van der Waals surface area contributed by atoms with E-state index in [1.807, 2.05) is 4.72 Å². The monoisotopic (exact) mass is 264 g/mol. The van der Waals surface area contributed by atoms with E-state index in [-0.39, 0.29) is 16.3 Å². The Morgan fingerprint density at radius 2 is 2.12 bits per heavy atom. The number of hydrogen-bond acceptors (Lipinski definition) is 4. The number of carbonyl (C=O) groups excluding carboxylic acids is 1. The number of carbonyl (C=O) groups is 1. The van der Waals surface area contributed by atoms with Crippen molar-refractivity contribution in [1.29, 1.82) is 0 Å². The Kier molecular flexibility index (Phi) is 3.74. The molecule has 0 spiro atoms. The highest BCUT2D eigenvalue weighted by Gasteiger charge is 2.11. The van der Waals surface area contributed by atoms with Gasteiger partial charge < -0.3 is 4.74 Å². The van der Waals surface area contributed by atoms with E-state index in [9.17, 15) is 13.2 Å². The second-order valence-corrected chi connectivity index (χ2v) is 4.53. The molecular formula is C8H9ClN2O4S. The molecule has 1 aromatic carbocycles. The zero-order valence-corrected chi connectivity index (χ0v) is 9.80. The summed E-state index contributed by atoms with van der Waals surface area (Å²) in [5.74, 6) is -0.603. The summed E-state index contributed by atoms with van der Waals surface area (Å²) in [6.07, 6.45) is 0. The number of esters is 1. The number of methoxy groups -OCH3 is 1. The predicted molar refractivity (Wildman–Crippen MR) is 59.5 cm³/mol.